The van der Waals surface area contributed by atoms with Gasteiger partial charge in [-0.2, -0.15) is 4.99 Å². The van der Waals surface area contributed by atoms with E-state index in [-0.39, 0.29) is 36.6 Å². The highest BCUT2D eigenvalue weighted by Crippen LogP contribution is 2.30. The van der Waals surface area contributed by atoms with E-state index in [9.17, 15) is 13.2 Å². The molecule has 2 aromatic rings. The monoisotopic (exact) mass is 512 g/mol. The second-order valence-electron chi connectivity index (χ2n) is 8.93. The van der Waals surface area contributed by atoms with Crippen LogP contribution in [0.25, 0.3) is 0 Å². The van der Waals surface area contributed by atoms with Gasteiger partial charge in [-0.25, -0.2) is 17.7 Å². The van der Waals surface area contributed by atoms with Crippen LogP contribution in [0.3, 0.4) is 0 Å². The van der Waals surface area contributed by atoms with E-state index in [4.69, 9.17) is 10.5 Å². The smallest absolute Gasteiger partial charge is 0.254 e. The summed E-state index contributed by atoms with van der Waals surface area (Å²) in [6.45, 7) is 3.18. The van der Waals surface area contributed by atoms with Gasteiger partial charge in [0, 0.05) is 47.5 Å². The van der Waals surface area contributed by atoms with E-state index < -0.39 is 20.5 Å². The van der Waals surface area contributed by atoms with E-state index in [1.165, 1.54) is 12.1 Å². The number of hydrogen-bond acceptors (Lipinski definition) is 7. The van der Waals surface area contributed by atoms with E-state index >= 15 is 4.39 Å². The summed E-state index contributed by atoms with van der Waals surface area (Å²) >= 11 is 0. The average molecular weight is 513 g/mol. The number of hydrogen-bond donors (Lipinski definition) is 2. The number of sulfone groups is 1. The van der Waals surface area contributed by atoms with Crippen molar-refractivity contribution >= 4 is 27.3 Å². The minimum atomic E-state index is -3.75. The lowest BCUT2D eigenvalue weighted by atomic mass is 10.0. The summed E-state index contributed by atoms with van der Waals surface area (Å²) in [5.41, 5.74) is 7.83. The molecule has 0 fully saturated rings. The molecule has 0 aromatic heterocycles. The van der Waals surface area contributed by atoms with Gasteiger partial charge in [0.2, 0.25) is 5.84 Å². The topological polar surface area (TPSA) is 110 Å². The number of carbonyl (C=O) groups is 1. The molecule has 0 radical (unpaired) electrons. The third-order valence-corrected chi connectivity index (χ3v) is 7.60. The summed E-state index contributed by atoms with van der Waals surface area (Å²) < 4.78 is 44.8. The van der Waals surface area contributed by atoms with Gasteiger partial charge in [-0.3, -0.25) is 9.69 Å². The van der Waals surface area contributed by atoms with Gasteiger partial charge in [0.25, 0.3) is 5.91 Å². The van der Waals surface area contributed by atoms with Crippen molar-refractivity contribution in [2.75, 3.05) is 31.0 Å². The molecule has 3 heterocycles. The number of rotatable bonds is 4. The molecule has 3 N–H and O–H groups in total. The number of nitrogens with two attached hydrogens (primary N) is 1. The zero-order valence-corrected chi connectivity index (χ0v) is 20.8. The molecular weight excluding hydrogens is 485 g/mol. The van der Waals surface area contributed by atoms with Crippen LogP contribution in [0.2, 0.25) is 0 Å². The van der Waals surface area contributed by atoms with Gasteiger partial charge >= 0.3 is 0 Å². The van der Waals surface area contributed by atoms with Crippen LogP contribution >= 0.6 is 0 Å². The quantitative estimate of drug-likeness (QED) is 0.637. The molecule has 0 bridgehead atoms. The predicted molar refractivity (Wildman–Crippen MR) is 133 cm³/mol. The Morgan fingerprint density at radius 3 is 2.83 bits per heavy atom. The molecule has 3 aliphatic heterocycles. The second kappa shape index (κ2) is 9.07. The molecule has 0 aliphatic carbocycles. The third kappa shape index (κ3) is 4.35. The van der Waals surface area contributed by atoms with Crippen LogP contribution < -0.4 is 20.3 Å². The Hall–Kier alpha value is -3.70. The van der Waals surface area contributed by atoms with Crippen molar-refractivity contribution in [3.63, 3.8) is 0 Å². The van der Waals surface area contributed by atoms with E-state index in [0.29, 0.717) is 24.8 Å². The first-order valence-electron chi connectivity index (χ1n) is 11.6. The molecule has 36 heavy (non-hydrogen) atoms. The molecule has 3 aliphatic rings. The van der Waals surface area contributed by atoms with E-state index in [0.717, 1.165) is 28.2 Å². The fourth-order valence-electron chi connectivity index (χ4n) is 4.68. The van der Waals surface area contributed by atoms with Crippen LogP contribution in [0, 0.1) is 5.82 Å². The van der Waals surface area contributed by atoms with Crippen LogP contribution in [-0.4, -0.2) is 51.1 Å². The van der Waals surface area contributed by atoms with Crippen molar-refractivity contribution in [1.29, 1.82) is 0 Å². The van der Waals surface area contributed by atoms with Gasteiger partial charge in [0.15, 0.2) is 22.3 Å². The molecule has 188 valence electrons. The zero-order valence-electron chi connectivity index (χ0n) is 20.0. The number of fused-ring (bicyclic) bond motifs is 2. The normalized spacial score (nSPS) is 19.1. The Kier molecular flexibility index (Phi) is 6.05. The predicted octanol–water partition coefficient (Wildman–Crippen LogP) is 1.17. The van der Waals surface area contributed by atoms with Crippen molar-refractivity contribution in [2.24, 2.45) is 10.7 Å². The molecule has 0 saturated heterocycles. The number of nitrogens with zero attached hydrogens (tertiary/aromatic N) is 3. The standard InChI is InChI=1S/C25H26FN5O4S/c1-3-18-19(5-7-21(24(18)26)36(2,33)34)25(32)29-10-11-35-20-6-4-17(12-16(20)13-29)30-9-8-23-28-22(27)14-31(23)15-30/h4-9,12,14H,3,10-11,13,15,27H2,1-2H3/p+1. The lowest BCUT2D eigenvalue weighted by Crippen LogP contribution is -3.11. The highest BCUT2D eigenvalue weighted by Gasteiger charge is 2.29. The maximum absolute atomic E-state index is 15.0. The van der Waals surface area contributed by atoms with Crippen molar-refractivity contribution in [2.45, 2.75) is 24.8 Å². The van der Waals surface area contributed by atoms with Crippen LogP contribution in [-0.2, 0) is 22.8 Å². The summed E-state index contributed by atoms with van der Waals surface area (Å²) in [6, 6.07) is 8.39. The number of halogens is 1. The average Bonchev–Trinajstić information content (AvgIpc) is 3.08. The lowest BCUT2D eigenvalue weighted by molar-refractivity contribution is -0.743. The molecule has 2 aromatic carbocycles. The number of benzene rings is 2. The SMILES string of the molecule is CCc1c(C(=O)N2CCOc3ccc(N4C=CC5=NC(N)=C[NH+]5C4)cc3C2)ccc(S(C)(=O)=O)c1F. The zero-order chi connectivity index (χ0) is 25.6. The summed E-state index contributed by atoms with van der Waals surface area (Å²) in [5.74, 6) is 0.805. The maximum atomic E-state index is 15.0. The first kappa shape index (κ1) is 24.0. The van der Waals surface area contributed by atoms with Crippen LogP contribution in [0.1, 0.15) is 28.4 Å². The highest BCUT2D eigenvalue weighted by molar-refractivity contribution is 7.90. The first-order chi connectivity index (χ1) is 17.2. The molecule has 1 amide bonds. The summed E-state index contributed by atoms with van der Waals surface area (Å²) in [7, 11) is -3.75. The third-order valence-electron chi connectivity index (χ3n) is 6.49. The number of anilines is 1. The molecular formula is C25H27FN5O4S+. The maximum Gasteiger partial charge on any atom is 0.254 e. The number of carbonyl (C=O) groups excluding carboxylic acids is 1. The Balaban J connectivity index is 1.43. The van der Waals surface area contributed by atoms with Crippen molar-refractivity contribution in [1.82, 2.24) is 4.90 Å². The van der Waals surface area contributed by atoms with Crippen molar-refractivity contribution in [3.05, 3.63) is 77.1 Å². The fourth-order valence-corrected chi connectivity index (χ4v) is 5.44. The molecule has 11 heteroatoms. The van der Waals surface area contributed by atoms with Crippen LogP contribution in [0.15, 0.2) is 64.5 Å². The second-order valence-corrected chi connectivity index (χ2v) is 10.9. The molecule has 9 nitrogen and oxygen atoms in total. The molecule has 5 rings (SSSR count). The minimum Gasteiger partial charge on any atom is -0.491 e. The van der Waals surface area contributed by atoms with Crippen LogP contribution in [0.5, 0.6) is 5.75 Å². The number of amidine groups is 1. The Bertz CT molecular complexity index is 1450. The van der Waals surface area contributed by atoms with E-state index in [1.807, 2.05) is 36.7 Å². The number of ether oxygens (including phenoxy) is 1. The number of nitrogens with one attached hydrogen (secondary N) is 1. The van der Waals surface area contributed by atoms with Crippen molar-refractivity contribution < 1.29 is 27.2 Å². The first-order valence-corrected chi connectivity index (χ1v) is 13.5. The fraction of sp³-hybridized carbons (Fsp3) is 0.280. The number of aliphatic imine (C=N–C) groups is 1. The van der Waals surface area contributed by atoms with Gasteiger partial charge < -0.3 is 15.4 Å². The number of quaternary nitrogens is 1. The Morgan fingerprint density at radius 1 is 1.28 bits per heavy atom. The highest BCUT2D eigenvalue weighted by atomic mass is 32.2. The summed E-state index contributed by atoms with van der Waals surface area (Å²) in [6.07, 6.45) is 6.85. The van der Waals surface area contributed by atoms with E-state index in [2.05, 4.69) is 9.89 Å². The molecule has 1 atom stereocenters. The van der Waals surface area contributed by atoms with Gasteiger partial charge in [-0.05, 0) is 36.8 Å². The summed E-state index contributed by atoms with van der Waals surface area (Å²) in [5, 5.41) is 0. The Morgan fingerprint density at radius 2 is 2.08 bits per heavy atom. The molecule has 1 unspecified atom stereocenters. The van der Waals surface area contributed by atoms with E-state index in [1.54, 1.807) is 11.8 Å². The van der Waals surface area contributed by atoms with Crippen LogP contribution in [0.4, 0.5) is 10.1 Å². The van der Waals surface area contributed by atoms with Gasteiger partial charge in [0.1, 0.15) is 29.3 Å². The Labute approximate surface area is 208 Å². The number of amides is 1. The molecule has 0 spiro atoms. The summed E-state index contributed by atoms with van der Waals surface area (Å²) in [4.78, 5) is 22.1. The minimum absolute atomic E-state index is 0.0962. The van der Waals surface area contributed by atoms with Gasteiger partial charge in [-0.1, -0.05) is 6.92 Å². The molecule has 0 saturated carbocycles. The van der Waals surface area contributed by atoms with Gasteiger partial charge in [0.05, 0.1) is 6.54 Å². The lowest BCUT2D eigenvalue weighted by Gasteiger charge is -2.27. The van der Waals surface area contributed by atoms with Crippen molar-refractivity contribution in [3.8, 4) is 5.75 Å². The van der Waals surface area contributed by atoms with Gasteiger partial charge in [-0.15, -0.1) is 0 Å². The largest absolute Gasteiger partial charge is 0.491 e.